The molecule has 0 atom stereocenters. The number of nitrogens with one attached hydrogen (secondary N) is 1. The lowest BCUT2D eigenvalue weighted by Gasteiger charge is -2.31. The molecule has 1 fully saturated rings. The average molecular weight is 340 g/mol. The molecule has 0 bridgehead atoms. The van der Waals surface area contributed by atoms with Gasteiger partial charge < -0.3 is 19.5 Å². The van der Waals surface area contributed by atoms with E-state index < -0.39 is 0 Å². The number of methoxy groups -OCH3 is 1. The lowest BCUT2D eigenvalue weighted by atomic mass is 9.96. The van der Waals surface area contributed by atoms with E-state index in [0.29, 0.717) is 32.5 Å². The highest BCUT2D eigenvalue weighted by Crippen LogP contribution is 2.18. The van der Waals surface area contributed by atoms with Crippen LogP contribution in [0.1, 0.15) is 12.8 Å². The van der Waals surface area contributed by atoms with Crippen molar-refractivity contribution in [3.63, 3.8) is 0 Å². The normalized spacial score (nSPS) is 15.7. The molecule has 1 aromatic heterocycles. The maximum atomic E-state index is 12.2. The van der Waals surface area contributed by atoms with Crippen molar-refractivity contribution in [3.05, 3.63) is 12.4 Å². The lowest BCUT2D eigenvalue weighted by molar-refractivity contribution is -0.138. The van der Waals surface area contributed by atoms with Crippen LogP contribution in [0.5, 0.6) is 0 Å². The molecule has 1 aliphatic rings. The number of hydrogen-bond donors (Lipinski definition) is 1. The van der Waals surface area contributed by atoms with E-state index in [2.05, 4.69) is 10.3 Å². The van der Waals surface area contributed by atoms with Crippen molar-refractivity contribution < 1.29 is 14.3 Å². The summed E-state index contributed by atoms with van der Waals surface area (Å²) in [5, 5.41) is 3.93. The van der Waals surface area contributed by atoms with Crippen molar-refractivity contribution >= 4 is 23.6 Å². The molecule has 1 aromatic rings. The second-order valence-corrected chi connectivity index (χ2v) is 6.61. The maximum absolute atomic E-state index is 12.2. The Bertz CT molecular complexity index is 527. The van der Waals surface area contributed by atoms with Gasteiger partial charge in [-0.05, 0) is 12.8 Å². The third-order valence-corrected chi connectivity index (χ3v) is 4.96. The Morgan fingerprint density at radius 2 is 2.17 bits per heavy atom. The van der Waals surface area contributed by atoms with E-state index in [9.17, 15) is 9.59 Å². The number of piperidine rings is 1. The number of likely N-dealkylation sites (tertiary alicyclic amines) is 1. The monoisotopic (exact) mass is 340 g/mol. The lowest BCUT2D eigenvalue weighted by Crippen LogP contribution is -2.44. The van der Waals surface area contributed by atoms with Gasteiger partial charge in [0.2, 0.25) is 11.8 Å². The van der Waals surface area contributed by atoms with Gasteiger partial charge in [-0.1, -0.05) is 11.8 Å². The molecule has 2 amide bonds. The highest BCUT2D eigenvalue weighted by Gasteiger charge is 2.26. The Balaban J connectivity index is 1.63. The number of aromatic nitrogens is 2. The average Bonchev–Trinajstić information content (AvgIpc) is 2.97. The molecule has 23 heavy (non-hydrogen) atoms. The SMILES string of the molecule is COCC(=O)N1CCC(C(=O)NCCSc2nccn2C)CC1. The van der Waals surface area contributed by atoms with Crippen LogP contribution in [0.25, 0.3) is 0 Å². The van der Waals surface area contributed by atoms with Gasteiger partial charge in [-0.25, -0.2) is 4.98 Å². The molecule has 0 aromatic carbocycles. The predicted molar refractivity (Wildman–Crippen MR) is 88.1 cm³/mol. The summed E-state index contributed by atoms with van der Waals surface area (Å²) >= 11 is 1.62. The minimum atomic E-state index is -0.00201. The number of carbonyl (C=O) groups is 2. The van der Waals surface area contributed by atoms with Crippen LogP contribution in [-0.2, 0) is 21.4 Å². The Hall–Kier alpha value is -1.54. The molecule has 0 radical (unpaired) electrons. The van der Waals surface area contributed by atoms with Gasteiger partial charge in [-0.2, -0.15) is 0 Å². The molecule has 8 heteroatoms. The second-order valence-electron chi connectivity index (χ2n) is 5.55. The van der Waals surface area contributed by atoms with Gasteiger partial charge in [-0.3, -0.25) is 9.59 Å². The number of amides is 2. The Kier molecular flexibility index (Phi) is 6.91. The smallest absolute Gasteiger partial charge is 0.248 e. The number of aryl methyl sites for hydroxylation is 1. The summed E-state index contributed by atoms with van der Waals surface area (Å²) in [6, 6.07) is 0. The van der Waals surface area contributed by atoms with Crippen LogP contribution in [-0.4, -0.2) is 65.4 Å². The van der Waals surface area contributed by atoms with Crippen molar-refractivity contribution in [3.8, 4) is 0 Å². The quantitative estimate of drug-likeness (QED) is 0.578. The number of ether oxygens (including phenoxy) is 1. The van der Waals surface area contributed by atoms with Gasteiger partial charge in [-0.15, -0.1) is 0 Å². The minimum Gasteiger partial charge on any atom is -0.375 e. The summed E-state index contributed by atoms with van der Waals surface area (Å²) in [5.74, 6) is 0.878. The largest absolute Gasteiger partial charge is 0.375 e. The molecule has 7 nitrogen and oxygen atoms in total. The van der Waals surface area contributed by atoms with Gasteiger partial charge in [0.1, 0.15) is 6.61 Å². The first-order valence-electron chi connectivity index (χ1n) is 7.76. The molecule has 0 saturated carbocycles. The summed E-state index contributed by atoms with van der Waals surface area (Å²) in [7, 11) is 3.47. The summed E-state index contributed by atoms with van der Waals surface area (Å²) in [6.07, 6.45) is 5.10. The fourth-order valence-electron chi connectivity index (χ4n) is 2.56. The van der Waals surface area contributed by atoms with Gasteiger partial charge in [0.15, 0.2) is 5.16 Å². The fraction of sp³-hybridized carbons (Fsp3) is 0.667. The summed E-state index contributed by atoms with van der Waals surface area (Å²) in [5.41, 5.74) is 0. The molecule has 1 saturated heterocycles. The van der Waals surface area contributed by atoms with E-state index in [1.807, 2.05) is 17.8 Å². The molecule has 1 aliphatic heterocycles. The first-order valence-corrected chi connectivity index (χ1v) is 8.75. The van der Waals surface area contributed by atoms with Crippen molar-refractivity contribution in [1.82, 2.24) is 19.8 Å². The van der Waals surface area contributed by atoms with Gasteiger partial charge in [0.05, 0.1) is 0 Å². The van der Waals surface area contributed by atoms with Crippen LogP contribution >= 0.6 is 11.8 Å². The highest BCUT2D eigenvalue weighted by atomic mass is 32.2. The molecule has 128 valence electrons. The topological polar surface area (TPSA) is 76.5 Å². The van der Waals surface area contributed by atoms with Gasteiger partial charge in [0.25, 0.3) is 0 Å². The maximum Gasteiger partial charge on any atom is 0.248 e. The predicted octanol–water partition coefficient (Wildman–Crippen LogP) is 0.513. The second kappa shape index (κ2) is 8.93. The first-order chi connectivity index (χ1) is 11.1. The Morgan fingerprint density at radius 3 is 2.78 bits per heavy atom. The molecular weight excluding hydrogens is 316 g/mol. The third-order valence-electron chi connectivity index (χ3n) is 3.90. The van der Waals surface area contributed by atoms with E-state index in [0.717, 1.165) is 10.9 Å². The van der Waals surface area contributed by atoms with Crippen molar-refractivity contribution in [2.24, 2.45) is 13.0 Å². The van der Waals surface area contributed by atoms with Crippen molar-refractivity contribution in [1.29, 1.82) is 0 Å². The van der Waals surface area contributed by atoms with E-state index in [1.165, 1.54) is 7.11 Å². The number of thioether (sulfide) groups is 1. The van der Waals surface area contributed by atoms with E-state index in [1.54, 1.807) is 22.9 Å². The highest BCUT2D eigenvalue weighted by molar-refractivity contribution is 7.99. The first kappa shape index (κ1) is 17.8. The summed E-state index contributed by atoms with van der Waals surface area (Å²) < 4.78 is 6.81. The van der Waals surface area contributed by atoms with Crippen LogP contribution in [0.2, 0.25) is 0 Å². The molecule has 2 rings (SSSR count). The number of rotatable bonds is 7. The molecule has 1 N–H and O–H groups in total. The molecule has 0 aliphatic carbocycles. The zero-order valence-corrected chi connectivity index (χ0v) is 14.5. The zero-order chi connectivity index (χ0) is 16.7. The number of carbonyl (C=O) groups excluding carboxylic acids is 2. The van der Waals surface area contributed by atoms with E-state index >= 15 is 0 Å². The Labute approximate surface area is 140 Å². The van der Waals surface area contributed by atoms with Gasteiger partial charge in [0, 0.05) is 57.9 Å². The molecular formula is C15H24N4O3S. The van der Waals surface area contributed by atoms with Crippen LogP contribution < -0.4 is 5.32 Å². The summed E-state index contributed by atoms with van der Waals surface area (Å²) in [4.78, 5) is 29.9. The number of hydrogen-bond acceptors (Lipinski definition) is 5. The number of nitrogens with zero attached hydrogens (tertiary/aromatic N) is 3. The fourth-order valence-corrected chi connectivity index (χ4v) is 3.34. The Morgan fingerprint density at radius 1 is 1.43 bits per heavy atom. The van der Waals surface area contributed by atoms with Crippen LogP contribution in [0.3, 0.4) is 0 Å². The number of imidazole rings is 1. The van der Waals surface area contributed by atoms with Gasteiger partial charge >= 0.3 is 0 Å². The van der Waals surface area contributed by atoms with Crippen LogP contribution in [0.15, 0.2) is 17.6 Å². The molecule has 2 heterocycles. The molecule has 0 unspecified atom stereocenters. The standard InChI is InChI=1S/C15H24N4O3S/c1-18-9-5-17-15(18)23-10-6-16-14(21)12-3-7-19(8-4-12)13(20)11-22-2/h5,9,12H,3-4,6-8,10-11H2,1-2H3,(H,16,21). The van der Waals surface area contributed by atoms with Crippen LogP contribution in [0.4, 0.5) is 0 Å². The van der Waals surface area contributed by atoms with Crippen molar-refractivity contribution in [2.45, 2.75) is 18.0 Å². The van der Waals surface area contributed by atoms with Crippen LogP contribution in [0, 0.1) is 5.92 Å². The zero-order valence-electron chi connectivity index (χ0n) is 13.7. The molecule has 0 spiro atoms. The van der Waals surface area contributed by atoms with E-state index in [4.69, 9.17) is 4.74 Å². The minimum absolute atomic E-state index is 0.000226. The van der Waals surface area contributed by atoms with Crippen molar-refractivity contribution in [2.75, 3.05) is 39.1 Å². The third kappa shape index (κ3) is 5.24. The summed E-state index contributed by atoms with van der Waals surface area (Å²) in [6.45, 7) is 1.99. The van der Waals surface area contributed by atoms with E-state index in [-0.39, 0.29) is 24.3 Å².